The Bertz CT molecular complexity index is 850. The molecule has 0 aliphatic heterocycles. The molecule has 7 heteroatoms. The highest BCUT2D eigenvalue weighted by molar-refractivity contribution is 6.35. The van der Waals surface area contributed by atoms with Crippen LogP contribution in [0, 0.1) is 5.82 Å². The van der Waals surface area contributed by atoms with E-state index in [-0.39, 0.29) is 11.9 Å². The van der Waals surface area contributed by atoms with Crippen LogP contribution in [0.3, 0.4) is 0 Å². The van der Waals surface area contributed by atoms with Gasteiger partial charge in [-0.1, -0.05) is 47.5 Å². The summed E-state index contributed by atoms with van der Waals surface area (Å²) in [6.45, 7) is 4.29. The van der Waals surface area contributed by atoms with E-state index in [1.54, 1.807) is 41.5 Å². The molecule has 0 amide bonds. The van der Waals surface area contributed by atoms with Gasteiger partial charge in [0.25, 0.3) is 0 Å². The highest BCUT2D eigenvalue weighted by Crippen LogP contribution is 2.34. The van der Waals surface area contributed by atoms with Gasteiger partial charge in [0.1, 0.15) is 18.5 Å². The number of nitrogens with zero attached hydrogens (tertiary/aromatic N) is 4. The first-order valence-corrected chi connectivity index (χ1v) is 8.28. The van der Waals surface area contributed by atoms with Crippen LogP contribution in [0.15, 0.2) is 67.8 Å². The summed E-state index contributed by atoms with van der Waals surface area (Å²) in [6.07, 6.45) is 4.78. The molecule has 0 saturated heterocycles. The lowest BCUT2D eigenvalue weighted by Crippen LogP contribution is -2.39. The zero-order chi connectivity index (χ0) is 17.8. The molecule has 2 aromatic carbocycles. The van der Waals surface area contributed by atoms with E-state index in [1.807, 2.05) is 11.1 Å². The van der Waals surface area contributed by atoms with Gasteiger partial charge in [-0.3, -0.25) is 5.01 Å². The maximum Gasteiger partial charge on any atom is 0.139 e. The van der Waals surface area contributed by atoms with Crippen LogP contribution in [0.4, 0.5) is 4.39 Å². The van der Waals surface area contributed by atoms with Gasteiger partial charge in [-0.25, -0.2) is 9.37 Å². The third-order valence-electron chi connectivity index (χ3n) is 3.73. The van der Waals surface area contributed by atoms with Crippen molar-refractivity contribution in [3.8, 4) is 0 Å². The summed E-state index contributed by atoms with van der Waals surface area (Å²) in [5, 5.41) is 7.19. The van der Waals surface area contributed by atoms with Gasteiger partial charge in [0.15, 0.2) is 0 Å². The number of aromatic nitrogens is 3. The fourth-order valence-corrected chi connectivity index (χ4v) is 3.17. The number of hydrogen-bond acceptors (Lipinski definition) is 3. The van der Waals surface area contributed by atoms with Gasteiger partial charge >= 0.3 is 0 Å². The molecule has 128 valence electrons. The molecule has 1 atom stereocenters. The lowest BCUT2D eigenvalue weighted by atomic mass is 9.98. The zero-order valence-corrected chi connectivity index (χ0v) is 14.7. The molecule has 0 radical (unpaired) electrons. The Kier molecular flexibility index (Phi) is 5.36. The van der Waals surface area contributed by atoms with Crippen LogP contribution in [0.2, 0.25) is 10.0 Å². The molecule has 0 N–H and O–H groups in total. The Morgan fingerprint density at radius 3 is 2.56 bits per heavy atom. The summed E-state index contributed by atoms with van der Waals surface area (Å²) in [5.41, 5.74) is 1.66. The molecule has 0 saturated carbocycles. The lowest BCUT2D eigenvalue weighted by molar-refractivity contribution is 0.505. The number of rotatable bonds is 6. The molecule has 1 aromatic heterocycles. The molecule has 0 fully saturated rings. The summed E-state index contributed by atoms with van der Waals surface area (Å²) >= 11 is 12.5. The molecule has 4 nitrogen and oxygen atoms in total. The number of benzene rings is 2. The smallest absolute Gasteiger partial charge is 0.139 e. The molecule has 0 aliphatic rings. The number of halogens is 3. The summed E-state index contributed by atoms with van der Waals surface area (Å²) in [5.74, 6) is -0.305. The van der Waals surface area contributed by atoms with E-state index in [1.165, 1.54) is 18.5 Å². The molecule has 25 heavy (non-hydrogen) atoms. The Morgan fingerprint density at radius 1 is 1.20 bits per heavy atom. The minimum Gasteiger partial charge on any atom is -0.280 e. The zero-order valence-electron chi connectivity index (χ0n) is 13.2. The van der Waals surface area contributed by atoms with E-state index in [2.05, 4.69) is 16.7 Å². The molecule has 0 bridgehead atoms. The average molecular weight is 377 g/mol. The van der Waals surface area contributed by atoms with Crippen molar-refractivity contribution in [2.45, 2.75) is 6.04 Å². The van der Waals surface area contributed by atoms with Crippen molar-refractivity contribution in [3.63, 3.8) is 0 Å². The van der Waals surface area contributed by atoms with Gasteiger partial charge in [-0.2, -0.15) is 4.79 Å². The first-order chi connectivity index (χ1) is 12.1. The predicted molar refractivity (Wildman–Crippen MR) is 98.0 cm³/mol. The topological polar surface area (TPSA) is 34.0 Å². The van der Waals surface area contributed by atoms with E-state index in [4.69, 9.17) is 23.2 Å². The molecule has 1 heterocycles. The van der Waals surface area contributed by atoms with Gasteiger partial charge in [0.05, 0.1) is 12.6 Å². The Labute approximate surface area is 155 Å². The Balaban J connectivity index is 2.16. The summed E-state index contributed by atoms with van der Waals surface area (Å²) in [7, 11) is 0. The van der Waals surface area contributed by atoms with Crippen LogP contribution in [0.25, 0.3) is 0 Å². The number of hydrogen-bond donors (Lipinski definition) is 0. The normalized spacial score (nSPS) is 12.0. The van der Waals surface area contributed by atoms with Crippen LogP contribution in [-0.2, 0) is 0 Å². The standard InChI is InChI=1S/C18H15Cl2FN4/c1-2-9-24(25-12-22-11-23-25)18(13-3-6-15(21)7-4-13)16-8-5-14(19)10-17(16)20/h2-8,10-12,18H,1,9H2. The van der Waals surface area contributed by atoms with Crippen molar-refractivity contribution in [1.29, 1.82) is 0 Å². The van der Waals surface area contributed by atoms with Crippen molar-refractivity contribution >= 4 is 23.2 Å². The SMILES string of the molecule is C=CCN(C(c1ccc(F)cc1)c1ccc(Cl)cc1Cl)n1cncn1. The average Bonchev–Trinajstić information content (AvgIpc) is 3.12. The first-order valence-electron chi connectivity index (χ1n) is 7.53. The van der Waals surface area contributed by atoms with Crippen LogP contribution in [0.1, 0.15) is 17.2 Å². The molecule has 0 aliphatic carbocycles. The second kappa shape index (κ2) is 7.68. The first kappa shape index (κ1) is 17.5. The Morgan fingerprint density at radius 2 is 1.96 bits per heavy atom. The van der Waals surface area contributed by atoms with E-state index in [0.717, 1.165) is 11.1 Å². The second-order valence-corrected chi connectivity index (χ2v) is 6.19. The lowest BCUT2D eigenvalue weighted by Gasteiger charge is -2.33. The van der Waals surface area contributed by atoms with Gasteiger partial charge < -0.3 is 0 Å². The molecular formula is C18H15Cl2FN4. The van der Waals surface area contributed by atoms with Crippen molar-refractivity contribution in [2.24, 2.45) is 0 Å². The molecule has 1 unspecified atom stereocenters. The molecule has 3 aromatic rings. The quantitative estimate of drug-likeness (QED) is 0.587. The van der Waals surface area contributed by atoms with E-state index < -0.39 is 0 Å². The summed E-state index contributed by atoms with van der Waals surface area (Å²) in [6, 6.07) is 11.3. The second-order valence-electron chi connectivity index (χ2n) is 5.35. The highest BCUT2D eigenvalue weighted by Gasteiger charge is 2.25. The summed E-state index contributed by atoms with van der Waals surface area (Å²) < 4.78 is 13.4. The van der Waals surface area contributed by atoms with Gasteiger partial charge in [0, 0.05) is 10.0 Å². The van der Waals surface area contributed by atoms with Crippen LogP contribution in [0.5, 0.6) is 0 Å². The van der Waals surface area contributed by atoms with Gasteiger partial charge in [-0.15, -0.1) is 11.7 Å². The van der Waals surface area contributed by atoms with Crippen molar-refractivity contribution in [2.75, 3.05) is 11.6 Å². The highest BCUT2D eigenvalue weighted by atomic mass is 35.5. The van der Waals surface area contributed by atoms with Crippen LogP contribution in [-0.4, -0.2) is 21.4 Å². The van der Waals surface area contributed by atoms with Gasteiger partial charge in [-0.05, 0) is 35.4 Å². The third-order valence-corrected chi connectivity index (χ3v) is 4.29. The van der Waals surface area contributed by atoms with Crippen molar-refractivity contribution < 1.29 is 4.39 Å². The summed E-state index contributed by atoms with van der Waals surface area (Å²) in [4.78, 5) is 5.62. The van der Waals surface area contributed by atoms with E-state index >= 15 is 0 Å². The van der Waals surface area contributed by atoms with Crippen LogP contribution >= 0.6 is 23.2 Å². The monoisotopic (exact) mass is 376 g/mol. The maximum atomic E-state index is 13.4. The molecular weight excluding hydrogens is 362 g/mol. The minimum absolute atomic E-state index is 0.305. The maximum absolute atomic E-state index is 13.4. The van der Waals surface area contributed by atoms with Gasteiger partial charge in [0.2, 0.25) is 0 Å². The van der Waals surface area contributed by atoms with Crippen molar-refractivity contribution in [3.05, 3.63) is 94.8 Å². The van der Waals surface area contributed by atoms with Crippen molar-refractivity contribution in [1.82, 2.24) is 14.9 Å². The fraction of sp³-hybridized carbons (Fsp3) is 0.111. The third kappa shape index (κ3) is 3.83. The van der Waals surface area contributed by atoms with E-state index in [9.17, 15) is 4.39 Å². The Hall–Kier alpha value is -2.37. The predicted octanol–water partition coefficient (Wildman–Crippen LogP) is 4.64. The largest absolute Gasteiger partial charge is 0.280 e. The molecule has 0 spiro atoms. The fourth-order valence-electron chi connectivity index (χ4n) is 2.65. The van der Waals surface area contributed by atoms with Crippen LogP contribution < -0.4 is 5.01 Å². The molecule has 3 rings (SSSR count). The minimum atomic E-state index is -0.329. The van der Waals surface area contributed by atoms with E-state index in [0.29, 0.717) is 16.6 Å².